The molecule has 4 nitrogen and oxygen atoms in total. The molecule has 7 heteroatoms. The van der Waals surface area contributed by atoms with Crippen LogP contribution < -0.4 is 32.4 Å². The van der Waals surface area contributed by atoms with Gasteiger partial charge in [0.15, 0.2) is 0 Å². The number of rotatable bonds is 5. The first-order chi connectivity index (χ1) is 12.1. The maximum atomic E-state index is 12.6. The number of carbonyl (C=O) groups excluding carboxylic acids is 2. The molecule has 0 heterocycles. The molecule has 0 aliphatic heterocycles. The van der Waals surface area contributed by atoms with Crippen LogP contribution in [0.5, 0.6) is 0 Å². The van der Waals surface area contributed by atoms with Crippen molar-refractivity contribution in [2.45, 2.75) is 13.3 Å². The smallest absolute Gasteiger partial charge is 1.00 e. The van der Waals surface area contributed by atoms with E-state index >= 15 is 0 Å². The van der Waals surface area contributed by atoms with Gasteiger partial charge in [0.25, 0.3) is 0 Å². The van der Waals surface area contributed by atoms with E-state index in [1.807, 2.05) is 49.4 Å². The fraction of sp³-hybridized carbons (Fsp3) is 0.100. The van der Waals surface area contributed by atoms with Crippen molar-refractivity contribution in [3.63, 3.8) is 0 Å². The molecule has 0 fully saturated rings. The third kappa shape index (κ3) is 6.08. The zero-order valence-corrected chi connectivity index (χ0v) is 17.8. The van der Waals surface area contributed by atoms with Crippen LogP contribution in [0.4, 0.5) is 0 Å². The van der Waals surface area contributed by atoms with E-state index in [0.29, 0.717) is 11.1 Å². The minimum atomic E-state index is -2.51. The number of benzene rings is 2. The predicted molar refractivity (Wildman–Crippen MR) is 94.3 cm³/mol. The Hall–Kier alpha value is -1.85. The van der Waals surface area contributed by atoms with Crippen molar-refractivity contribution in [1.82, 2.24) is 7.60 Å². The molecule has 1 aliphatic carbocycles. The molecule has 3 rings (SSSR count). The summed E-state index contributed by atoms with van der Waals surface area (Å²) in [6, 6.07) is 18.2. The van der Waals surface area contributed by atoms with Gasteiger partial charge >= 0.3 is 154 Å². The first kappa shape index (κ1) is 23.2. The van der Waals surface area contributed by atoms with E-state index in [1.165, 1.54) is 0 Å². The van der Waals surface area contributed by atoms with Crippen molar-refractivity contribution in [2.24, 2.45) is 0 Å². The van der Waals surface area contributed by atoms with Gasteiger partial charge in [-0.3, -0.25) is 0 Å². The Morgan fingerprint density at radius 2 is 1.26 bits per heavy atom. The third-order valence-electron chi connectivity index (χ3n) is 4.02. The number of amides is 2. The number of halogens is 2. The van der Waals surface area contributed by atoms with Gasteiger partial charge in [-0.25, -0.2) is 0 Å². The molecular weight excluding hydrogens is 419 g/mol. The molecule has 0 atom stereocenters. The average molecular weight is 438 g/mol. The summed E-state index contributed by atoms with van der Waals surface area (Å²) >= 11 is -2.51. The molecule has 27 heavy (non-hydrogen) atoms. The second kappa shape index (κ2) is 11.1. The number of hydrogen-bond acceptors (Lipinski definition) is 2. The van der Waals surface area contributed by atoms with Gasteiger partial charge in [-0.05, 0) is 0 Å². The van der Waals surface area contributed by atoms with E-state index in [-0.39, 0.29) is 36.6 Å². The van der Waals surface area contributed by atoms with Crippen molar-refractivity contribution in [3.8, 4) is 0 Å². The van der Waals surface area contributed by atoms with Crippen LogP contribution in [0.15, 0.2) is 82.3 Å². The van der Waals surface area contributed by atoms with Gasteiger partial charge in [-0.1, -0.05) is 0 Å². The Balaban J connectivity index is 0.00000182. The van der Waals surface area contributed by atoms with Crippen LogP contribution in [0.3, 0.4) is 0 Å². The normalized spacial score (nSPS) is 11.9. The zero-order chi connectivity index (χ0) is 17.6. The van der Waals surface area contributed by atoms with Gasteiger partial charge in [0.2, 0.25) is 0 Å². The molecule has 2 aromatic rings. The Bertz CT molecular complexity index is 786. The van der Waals surface area contributed by atoms with Gasteiger partial charge in [-0.15, -0.1) is 0 Å². The van der Waals surface area contributed by atoms with E-state index in [1.54, 1.807) is 24.3 Å². The fourth-order valence-electron chi connectivity index (χ4n) is 2.65. The largest absolute Gasteiger partial charge is 1.00 e. The first-order valence-electron chi connectivity index (χ1n) is 8.11. The van der Waals surface area contributed by atoms with Crippen LogP contribution in [0.1, 0.15) is 34.1 Å². The van der Waals surface area contributed by atoms with Crippen LogP contribution in [0.25, 0.3) is 0 Å². The van der Waals surface area contributed by atoms with E-state index in [9.17, 15) is 9.59 Å². The topological polar surface area (TPSA) is 58.2 Å². The number of nitrogens with one attached hydrogen (secondary N) is 2. The molecule has 0 saturated heterocycles. The summed E-state index contributed by atoms with van der Waals surface area (Å²) in [5.41, 5.74) is 2.34. The maximum Gasteiger partial charge on any atom is -1.00 e. The summed E-state index contributed by atoms with van der Waals surface area (Å²) < 4.78 is 7.37. The molecule has 139 valence electrons. The Morgan fingerprint density at radius 3 is 1.63 bits per heavy atom. The average Bonchev–Trinajstić information content (AvgIpc) is 3.08. The summed E-state index contributed by atoms with van der Waals surface area (Å²) in [5, 5.41) is 0. The van der Waals surface area contributed by atoms with Crippen molar-refractivity contribution >= 4 is 11.8 Å². The van der Waals surface area contributed by atoms with E-state index in [4.69, 9.17) is 0 Å². The van der Waals surface area contributed by atoms with Crippen LogP contribution >= 0.6 is 0 Å². The molecule has 2 amide bonds. The molecule has 0 spiro atoms. The molecule has 2 aromatic carbocycles. The summed E-state index contributed by atoms with van der Waals surface area (Å²) in [7, 11) is 0. The Labute approximate surface area is 178 Å². The summed E-state index contributed by atoms with van der Waals surface area (Å²) in [4.78, 5) is 25.1. The van der Waals surface area contributed by atoms with Crippen LogP contribution in [0.2, 0.25) is 0 Å². The first-order valence-corrected chi connectivity index (χ1v) is 10.5. The Kier molecular flexibility index (Phi) is 9.54. The second-order valence-corrected chi connectivity index (χ2v) is 8.68. The zero-order valence-electron chi connectivity index (χ0n) is 14.7. The van der Waals surface area contributed by atoms with Gasteiger partial charge in [0.05, 0.1) is 0 Å². The fourth-order valence-corrected chi connectivity index (χ4v) is 5.62. The molecule has 0 aromatic heterocycles. The minimum absolute atomic E-state index is 0. The van der Waals surface area contributed by atoms with E-state index in [0.717, 1.165) is 15.9 Å². The summed E-state index contributed by atoms with van der Waals surface area (Å²) in [6.45, 7) is 2.02. The van der Waals surface area contributed by atoms with Crippen molar-refractivity contribution in [2.75, 3.05) is 0 Å². The number of allylic oxidation sites excluding steroid dienone is 4. The second-order valence-electron chi connectivity index (χ2n) is 5.78. The van der Waals surface area contributed by atoms with Crippen molar-refractivity contribution in [3.05, 3.63) is 93.4 Å². The van der Waals surface area contributed by atoms with E-state index < -0.39 is 18.4 Å². The molecular formula is C20H19Cl2N2O2Ti. The van der Waals surface area contributed by atoms with Gasteiger partial charge in [-0.2, -0.15) is 0 Å². The predicted octanol–water partition coefficient (Wildman–Crippen LogP) is -2.46. The minimum Gasteiger partial charge on any atom is -1.00 e. The SMILES string of the molecule is CC1=[C]([Ti+2]([NH]C(=O)c2ccccc2)[NH]C(=O)c2ccccc2)CC=C1.[Cl-].[Cl-]. The van der Waals surface area contributed by atoms with Gasteiger partial charge in [0, 0.05) is 0 Å². The Morgan fingerprint density at radius 1 is 0.815 bits per heavy atom. The molecule has 0 unspecified atom stereocenters. The monoisotopic (exact) mass is 437 g/mol. The third-order valence-corrected chi connectivity index (χ3v) is 7.38. The van der Waals surface area contributed by atoms with Crippen molar-refractivity contribution in [1.29, 1.82) is 0 Å². The molecule has 2 N–H and O–H groups in total. The van der Waals surface area contributed by atoms with Crippen LogP contribution in [-0.4, -0.2) is 11.8 Å². The van der Waals surface area contributed by atoms with Crippen molar-refractivity contribution < 1.29 is 52.8 Å². The summed E-state index contributed by atoms with van der Waals surface area (Å²) in [5.74, 6) is -0.285. The van der Waals surface area contributed by atoms with E-state index in [2.05, 4.69) is 13.7 Å². The molecule has 0 bridgehead atoms. The molecule has 0 radical (unpaired) electrons. The molecule has 1 aliphatic rings. The number of carbonyl (C=O) groups is 2. The van der Waals surface area contributed by atoms with Crippen LogP contribution in [0, 0.1) is 0 Å². The maximum absolute atomic E-state index is 12.6. The molecule has 0 saturated carbocycles. The quantitative estimate of drug-likeness (QED) is 0.509. The van der Waals surface area contributed by atoms with Gasteiger partial charge in [0.1, 0.15) is 0 Å². The number of hydrogen-bond donors (Lipinski definition) is 2. The van der Waals surface area contributed by atoms with Crippen LogP contribution in [-0.2, 0) is 18.4 Å². The summed E-state index contributed by atoms with van der Waals surface area (Å²) in [6.07, 6.45) is 4.90. The standard InChI is InChI=1S/2C7H7NO.C6H7.2ClH.Ti/c2*8-7(9)6-4-2-1-3-5-6;1-6-4-2-3-5-6;;;/h2*1-5H,(H2,8,9);2,4H,3H2,1H3;2*1H;/q;;;;;+4/p-4. The van der Waals surface area contributed by atoms with Gasteiger partial charge < -0.3 is 24.8 Å².